The number of nitro groups is 1. The number of hydrogen-bond donors (Lipinski definition) is 0. The number of rotatable bonds is 5. The first-order valence-corrected chi connectivity index (χ1v) is 5.55. The summed E-state index contributed by atoms with van der Waals surface area (Å²) in [7, 11) is 1.72. The normalized spacial score (nSPS) is 9.71. The molecule has 1 rings (SSSR count). The molecule has 0 unspecified atom stereocenters. The smallest absolute Gasteiger partial charge is 0.292 e. The van der Waals surface area contributed by atoms with Gasteiger partial charge in [0.25, 0.3) is 5.69 Å². The molecular weight excluding hydrogens is 242 g/mol. The lowest BCUT2D eigenvalue weighted by molar-refractivity contribution is -0.384. The quantitative estimate of drug-likeness (QED) is 0.460. The number of nitro benzene ring substituents is 1. The molecule has 0 aromatic heterocycles. The molecule has 90 valence electrons. The van der Waals surface area contributed by atoms with Crippen LogP contribution in [-0.2, 0) is 5.88 Å². The molecule has 0 saturated heterocycles. The summed E-state index contributed by atoms with van der Waals surface area (Å²) in [5, 5.41) is 19.4. The fourth-order valence-electron chi connectivity index (χ4n) is 1.46. The molecule has 5 nitrogen and oxygen atoms in total. The van der Waals surface area contributed by atoms with Crippen LogP contribution in [0.1, 0.15) is 12.0 Å². The van der Waals surface area contributed by atoms with Crippen LogP contribution in [0.5, 0.6) is 0 Å². The molecule has 0 fully saturated rings. The second kappa shape index (κ2) is 6.06. The molecule has 0 bridgehead atoms. The molecule has 0 saturated carbocycles. The van der Waals surface area contributed by atoms with Crippen LogP contribution in [-0.4, -0.2) is 18.5 Å². The number of hydrogen-bond acceptors (Lipinski definition) is 4. The van der Waals surface area contributed by atoms with Gasteiger partial charge in [-0.3, -0.25) is 10.1 Å². The van der Waals surface area contributed by atoms with Gasteiger partial charge >= 0.3 is 0 Å². The Hall–Kier alpha value is -1.80. The van der Waals surface area contributed by atoms with E-state index in [0.717, 1.165) is 0 Å². The molecule has 0 aliphatic carbocycles. The van der Waals surface area contributed by atoms with Crippen molar-refractivity contribution in [2.45, 2.75) is 12.3 Å². The summed E-state index contributed by atoms with van der Waals surface area (Å²) in [6.45, 7) is 0.456. The molecule has 0 aliphatic rings. The van der Waals surface area contributed by atoms with E-state index in [1.54, 1.807) is 24.1 Å². The molecule has 1 aromatic rings. The third kappa shape index (κ3) is 3.33. The second-order valence-electron chi connectivity index (χ2n) is 3.54. The third-order valence-corrected chi connectivity index (χ3v) is 2.67. The zero-order chi connectivity index (χ0) is 12.8. The first kappa shape index (κ1) is 13.3. The molecule has 0 aliphatic heterocycles. The zero-order valence-corrected chi connectivity index (χ0v) is 10.1. The topological polar surface area (TPSA) is 70.2 Å². The van der Waals surface area contributed by atoms with Gasteiger partial charge in [-0.1, -0.05) is 6.07 Å². The van der Waals surface area contributed by atoms with Crippen LogP contribution in [0.3, 0.4) is 0 Å². The fraction of sp³-hybridized carbons (Fsp3) is 0.364. The number of nitriles is 1. The van der Waals surface area contributed by atoms with E-state index in [1.807, 2.05) is 6.07 Å². The molecule has 0 N–H and O–H groups in total. The maximum absolute atomic E-state index is 10.9. The molecule has 0 amide bonds. The van der Waals surface area contributed by atoms with E-state index in [9.17, 15) is 10.1 Å². The van der Waals surface area contributed by atoms with Gasteiger partial charge in [0.2, 0.25) is 0 Å². The predicted molar refractivity (Wildman–Crippen MR) is 66.2 cm³/mol. The molecule has 0 spiro atoms. The average Bonchev–Trinajstić information content (AvgIpc) is 2.35. The summed E-state index contributed by atoms with van der Waals surface area (Å²) >= 11 is 5.64. The summed E-state index contributed by atoms with van der Waals surface area (Å²) in [5.41, 5.74) is 1.22. The van der Waals surface area contributed by atoms with E-state index in [-0.39, 0.29) is 11.6 Å². The number of benzene rings is 1. The fourth-order valence-corrected chi connectivity index (χ4v) is 1.63. The van der Waals surface area contributed by atoms with Gasteiger partial charge in [0.05, 0.1) is 17.4 Å². The van der Waals surface area contributed by atoms with Gasteiger partial charge in [0, 0.05) is 25.5 Å². The second-order valence-corrected chi connectivity index (χ2v) is 3.81. The van der Waals surface area contributed by atoms with Crippen molar-refractivity contribution in [3.63, 3.8) is 0 Å². The highest BCUT2D eigenvalue weighted by molar-refractivity contribution is 6.17. The SMILES string of the molecule is CN(CCC#N)c1ccc(CCl)cc1[N+](=O)[O-]. The van der Waals surface area contributed by atoms with Gasteiger partial charge in [0.1, 0.15) is 5.69 Å². The zero-order valence-electron chi connectivity index (χ0n) is 9.39. The predicted octanol–water partition coefficient (Wildman–Crippen LogP) is 2.68. The summed E-state index contributed by atoms with van der Waals surface area (Å²) < 4.78 is 0. The minimum atomic E-state index is -0.436. The molecule has 0 atom stereocenters. The van der Waals surface area contributed by atoms with Crippen molar-refractivity contribution < 1.29 is 4.92 Å². The Morgan fingerprint density at radius 3 is 2.82 bits per heavy atom. The Balaban J connectivity index is 3.06. The largest absolute Gasteiger partial charge is 0.368 e. The van der Waals surface area contributed by atoms with Crippen molar-refractivity contribution in [2.24, 2.45) is 0 Å². The van der Waals surface area contributed by atoms with Gasteiger partial charge in [-0.2, -0.15) is 5.26 Å². The van der Waals surface area contributed by atoms with Gasteiger partial charge < -0.3 is 4.90 Å². The van der Waals surface area contributed by atoms with Gasteiger partial charge in [-0.15, -0.1) is 11.6 Å². The first-order valence-electron chi connectivity index (χ1n) is 5.01. The van der Waals surface area contributed by atoms with Crippen LogP contribution in [0.4, 0.5) is 11.4 Å². The van der Waals surface area contributed by atoms with Crippen LogP contribution in [0.2, 0.25) is 0 Å². The van der Waals surface area contributed by atoms with E-state index in [2.05, 4.69) is 0 Å². The highest BCUT2D eigenvalue weighted by atomic mass is 35.5. The number of anilines is 1. The van der Waals surface area contributed by atoms with Crippen molar-refractivity contribution in [2.75, 3.05) is 18.5 Å². The molecular formula is C11H12ClN3O2. The molecule has 6 heteroatoms. The summed E-state index contributed by atoms with van der Waals surface area (Å²) in [4.78, 5) is 12.2. The standard InChI is InChI=1S/C11H12ClN3O2/c1-14(6-2-5-13)10-4-3-9(8-12)7-11(10)15(16)17/h3-4,7H,2,6,8H2,1H3. The molecule has 0 radical (unpaired) electrons. The van der Waals surface area contributed by atoms with Crippen molar-refractivity contribution >= 4 is 23.0 Å². The lowest BCUT2D eigenvalue weighted by Gasteiger charge is -2.17. The lowest BCUT2D eigenvalue weighted by atomic mass is 10.2. The highest BCUT2D eigenvalue weighted by Gasteiger charge is 2.17. The van der Waals surface area contributed by atoms with Crippen LogP contribution in [0.25, 0.3) is 0 Å². The molecule has 1 aromatic carbocycles. The Bertz CT molecular complexity index is 457. The number of halogens is 1. The van der Waals surface area contributed by atoms with Crippen molar-refractivity contribution in [1.29, 1.82) is 5.26 Å². The van der Waals surface area contributed by atoms with Crippen molar-refractivity contribution in [3.8, 4) is 6.07 Å². The number of alkyl halides is 1. The summed E-state index contributed by atoms with van der Waals surface area (Å²) in [5.74, 6) is 0.239. The van der Waals surface area contributed by atoms with Crippen molar-refractivity contribution in [1.82, 2.24) is 0 Å². The average molecular weight is 254 g/mol. The first-order chi connectivity index (χ1) is 8.10. The third-order valence-electron chi connectivity index (χ3n) is 2.36. The van der Waals surface area contributed by atoms with E-state index in [4.69, 9.17) is 16.9 Å². The van der Waals surface area contributed by atoms with Crippen LogP contribution in [0, 0.1) is 21.4 Å². The maximum Gasteiger partial charge on any atom is 0.292 e. The summed E-state index contributed by atoms with van der Waals surface area (Å²) in [6, 6.07) is 6.88. The Morgan fingerprint density at radius 1 is 1.59 bits per heavy atom. The van der Waals surface area contributed by atoms with Crippen LogP contribution >= 0.6 is 11.6 Å². The van der Waals surface area contributed by atoms with E-state index >= 15 is 0 Å². The highest BCUT2D eigenvalue weighted by Crippen LogP contribution is 2.29. The van der Waals surface area contributed by atoms with Crippen molar-refractivity contribution in [3.05, 3.63) is 33.9 Å². The number of nitrogens with zero attached hydrogens (tertiary/aromatic N) is 3. The van der Waals surface area contributed by atoms with E-state index < -0.39 is 4.92 Å². The Kier molecular flexibility index (Phi) is 4.73. The van der Waals surface area contributed by atoms with Gasteiger partial charge in [0.15, 0.2) is 0 Å². The maximum atomic E-state index is 10.9. The van der Waals surface area contributed by atoms with E-state index in [1.165, 1.54) is 6.07 Å². The minimum absolute atomic E-state index is 0.0172. The Morgan fingerprint density at radius 2 is 2.29 bits per heavy atom. The van der Waals surface area contributed by atoms with Crippen LogP contribution in [0.15, 0.2) is 18.2 Å². The monoisotopic (exact) mass is 253 g/mol. The molecule has 17 heavy (non-hydrogen) atoms. The van der Waals surface area contributed by atoms with E-state index in [0.29, 0.717) is 24.2 Å². The minimum Gasteiger partial charge on any atom is -0.368 e. The van der Waals surface area contributed by atoms with Gasteiger partial charge in [-0.25, -0.2) is 0 Å². The molecule has 0 heterocycles. The van der Waals surface area contributed by atoms with Crippen LogP contribution < -0.4 is 4.90 Å². The Labute approximate surface area is 104 Å². The van der Waals surface area contributed by atoms with Gasteiger partial charge in [-0.05, 0) is 11.6 Å². The lowest BCUT2D eigenvalue weighted by Crippen LogP contribution is -2.19. The summed E-state index contributed by atoms with van der Waals surface area (Å²) in [6.07, 6.45) is 0.324.